The summed E-state index contributed by atoms with van der Waals surface area (Å²) in [4.78, 5) is 38.4. The number of Topliss-reactive ketones (excluding diaryl/α,β-unsaturated/α-hetero) is 1. The number of nitrogens with zero attached hydrogens (tertiary/aromatic N) is 4. The third-order valence-corrected chi connectivity index (χ3v) is 8.92. The van der Waals surface area contributed by atoms with Crippen molar-refractivity contribution in [2.24, 2.45) is 0 Å². The molecular formula is C35H28N4O6S. The Bertz CT molecular complexity index is 2170. The number of thiazole rings is 1. The van der Waals surface area contributed by atoms with Crippen molar-refractivity contribution in [3.8, 4) is 17.2 Å². The minimum atomic E-state index is -1.03. The number of aromatic nitrogens is 3. The number of rotatable bonds is 8. The number of aliphatic hydroxyl groups is 1. The monoisotopic (exact) mass is 632 g/mol. The van der Waals surface area contributed by atoms with E-state index in [4.69, 9.17) is 19.2 Å². The standard InChI is InChI=1S/C35H28N4O6S/c1-20-30(38-16-8-7-11-28(38)36-20)32(40)29-31(22-12-15-25(26(17-22)44-3)45-19-21-9-5-4-6-10-21)39(34(42)33(29)41)35-37-24-14-13-23(43-2)18-27(24)46-35/h4-18,31,40H,19H2,1-3H3. The van der Waals surface area contributed by atoms with Crippen LogP contribution >= 0.6 is 11.3 Å². The number of pyridine rings is 1. The van der Waals surface area contributed by atoms with Gasteiger partial charge in [-0.25, -0.2) is 9.97 Å². The van der Waals surface area contributed by atoms with Crippen LogP contribution in [0.3, 0.4) is 0 Å². The van der Waals surface area contributed by atoms with Crippen molar-refractivity contribution >= 4 is 49.8 Å². The number of carbonyl (C=O) groups excluding carboxylic acids is 2. The molecule has 7 rings (SSSR count). The first-order valence-electron chi connectivity index (χ1n) is 14.4. The van der Waals surface area contributed by atoms with E-state index in [0.717, 1.165) is 10.3 Å². The lowest BCUT2D eigenvalue weighted by atomic mass is 9.96. The number of aryl methyl sites for hydroxylation is 1. The fourth-order valence-corrected chi connectivity index (χ4v) is 6.72. The molecule has 3 aromatic carbocycles. The Hall–Kier alpha value is -5.68. The highest BCUT2D eigenvalue weighted by molar-refractivity contribution is 7.22. The Labute approximate surface area is 267 Å². The predicted octanol–water partition coefficient (Wildman–Crippen LogP) is 6.47. The normalized spacial score (nSPS) is 16.0. The number of ketones is 1. The number of hydrogen-bond donors (Lipinski definition) is 1. The second-order valence-corrected chi connectivity index (χ2v) is 11.7. The molecule has 1 unspecified atom stereocenters. The van der Waals surface area contributed by atoms with Gasteiger partial charge < -0.3 is 19.3 Å². The number of anilines is 1. The summed E-state index contributed by atoms with van der Waals surface area (Å²) in [7, 11) is 3.10. The van der Waals surface area contributed by atoms with Gasteiger partial charge in [-0.15, -0.1) is 0 Å². The molecule has 0 spiro atoms. The summed E-state index contributed by atoms with van der Waals surface area (Å²) in [6.07, 6.45) is 1.75. The summed E-state index contributed by atoms with van der Waals surface area (Å²) in [5.41, 5.74) is 3.47. The van der Waals surface area contributed by atoms with Crippen molar-refractivity contribution in [1.29, 1.82) is 0 Å². The van der Waals surface area contributed by atoms with Crippen LogP contribution in [0.25, 0.3) is 21.6 Å². The van der Waals surface area contributed by atoms with E-state index in [1.54, 1.807) is 67.1 Å². The molecule has 0 aliphatic carbocycles. The van der Waals surface area contributed by atoms with Gasteiger partial charge in [0.1, 0.15) is 23.7 Å². The molecule has 0 bridgehead atoms. The molecule has 0 saturated carbocycles. The van der Waals surface area contributed by atoms with Crippen molar-refractivity contribution in [2.45, 2.75) is 19.6 Å². The van der Waals surface area contributed by atoms with Gasteiger partial charge in [0, 0.05) is 6.20 Å². The third-order valence-electron chi connectivity index (χ3n) is 7.90. The predicted molar refractivity (Wildman–Crippen MR) is 175 cm³/mol. The van der Waals surface area contributed by atoms with Gasteiger partial charge in [-0.2, -0.15) is 0 Å². The quantitative estimate of drug-likeness (QED) is 0.115. The summed E-state index contributed by atoms with van der Waals surface area (Å²) >= 11 is 1.25. The summed E-state index contributed by atoms with van der Waals surface area (Å²) in [6, 6.07) is 24.7. The van der Waals surface area contributed by atoms with E-state index < -0.39 is 17.7 Å². The van der Waals surface area contributed by atoms with Gasteiger partial charge in [0.15, 0.2) is 22.4 Å². The molecule has 1 fully saturated rings. The number of ether oxygens (including phenoxy) is 3. The van der Waals surface area contributed by atoms with Crippen LogP contribution in [0.4, 0.5) is 5.13 Å². The van der Waals surface area contributed by atoms with E-state index in [2.05, 4.69) is 4.98 Å². The van der Waals surface area contributed by atoms with Gasteiger partial charge >= 0.3 is 5.91 Å². The molecule has 0 radical (unpaired) electrons. The molecule has 4 heterocycles. The number of imidazole rings is 1. The van der Waals surface area contributed by atoms with E-state index in [9.17, 15) is 14.7 Å². The Morgan fingerprint density at radius 3 is 2.50 bits per heavy atom. The molecule has 1 amide bonds. The van der Waals surface area contributed by atoms with Gasteiger partial charge in [0.25, 0.3) is 5.78 Å². The fraction of sp³-hybridized carbons (Fsp3) is 0.143. The molecular weight excluding hydrogens is 604 g/mol. The molecule has 1 aliphatic rings. The highest BCUT2D eigenvalue weighted by Crippen LogP contribution is 2.46. The molecule has 11 heteroatoms. The second-order valence-electron chi connectivity index (χ2n) is 10.7. The molecule has 1 aliphatic heterocycles. The lowest BCUT2D eigenvalue weighted by Gasteiger charge is -2.24. The highest BCUT2D eigenvalue weighted by atomic mass is 32.1. The van der Waals surface area contributed by atoms with E-state index in [1.807, 2.05) is 42.5 Å². The van der Waals surface area contributed by atoms with Crippen LogP contribution in [0.15, 0.2) is 96.7 Å². The van der Waals surface area contributed by atoms with Crippen LogP contribution < -0.4 is 19.1 Å². The molecule has 1 saturated heterocycles. The van der Waals surface area contributed by atoms with E-state index >= 15 is 0 Å². The number of hydrogen-bond acceptors (Lipinski definition) is 9. The summed E-state index contributed by atoms with van der Waals surface area (Å²) < 4.78 is 19.6. The maximum absolute atomic E-state index is 13.9. The van der Waals surface area contributed by atoms with Crippen molar-refractivity contribution in [2.75, 3.05) is 19.1 Å². The molecule has 46 heavy (non-hydrogen) atoms. The van der Waals surface area contributed by atoms with Gasteiger partial charge in [-0.1, -0.05) is 53.8 Å². The largest absolute Gasteiger partial charge is 0.505 e. The number of aliphatic hydroxyl groups excluding tert-OH is 1. The lowest BCUT2D eigenvalue weighted by Crippen LogP contribution is -2.29. The Morgan fingerprint density at radius 1 is 0.913 bits per heavy atom. The Kier molecular flexibility index (Phi) is 7.37. The third kappa shape index (κ3) is 4.90. The average Bonchev–Trinajstić information content (AvgIpc) is 3.73. The number of fused-ring (bicyclic) bond motifs is 2. The average molecular weight is 633 g/mol. The summed E-state index contributed by atoms with van der Waals surface area (Å²) in [5.74, 6) is -0.468. The molecule has 1 atom stereocenters. The lowest BCUT2D eigenvalue weighted by molar-refractivity contribution is -0.132. The number of amides is 1. The van der Waals surface area contributed by atoms with Crippen LogP contribution in [0.2, 0.25) is 0 Å². The number of benzene rings is 3. The molecule has 1 N–H and O–H groups in total. The topological polar surface area (TPSA) is 115 Å². The zero-order chi connectivity index (χ0) is 31.9. The van der Waals surface area contributed by atoms with Crippen LogP contribution in [0.5, 0.6) is 17.2 Å². The fourth-order valence-electron chi connectivity index (χ4n) is 5.70. The minimum absolute atomic E-state index is 0.0874. The minimum Gasteiger partial charge on any atom is -0.505 e. The van der Waals surface area contributed by atoms with Gasteiger partial charge in [0.2, 0.25) is 0 Å². The van der Waals surface area contributed by atoms with Crippen LogP contribution in [0, 0.1) is 6.92 Å². The van der Waals surface area contributed by atoms with Gasteiger partial charge in [0.05, 0.1) is 41.7 Å². The molecule has 6 aromatic rings. The summed E-state index contributed by atoms with van der Waals surface area (Å²) in [5, 5.41) is 12.2. The van der Waals surface area contributed by atoms with Crippen molar-refractivity contribution in [1.82, 2.24) is 14.4 Å². The Balaban J connectivity index is 1.39. The number of methoxy groups -OCH3 is 2. The summed E-state index contributed by atoms with van der Waals surface area (Å²) in [6.45, 7) is 2.06. The zero-order valence-corrected chi connectivity index (χ0v) is 25.9. The Morgan fingerprint density at radius 2 is 1.72 bits per heavy atom. The first-order chi connectivity index (χ1) is 22.4. The second kappa shape index (κ2) is 11.7. The van der Waals surface area contributed by atoms with Crippen LogP contribution in [-0.2, 0) is 16.2 Å². The highest BCUT2D eigenvalue weighted by Gasteiger charge is 2.49. The molecule has 10 nitrogen and oxygen atoms in total. The number of carbonyl (C=O) groups is 2. The van der Waals surface area contributed by atoms with Crippen molar-refractivity contribution in [3.63, 3.8) is 0 Å². The van der Waals surface area contributed by atoms with E-state index in [0.29, 0.717) is 57.1 Å². The van der Waals surface area contributed by atoms with Crippen molar-refractivity contribution < 1.29 is 28.9 Å². The van der Waals surface area contributed by atoms with Crippen molar-refractivity contribution in [3.05, 3.63) is 119 Å². The maximum atomic E-state index is 13.9. The SMILES string of the molecule is COc1ccc2nc(N3C(=O)C(=O)C(=C(O)c4c(C)nc5ccccn45)C3c3ccc(OCc4ccccc4)c(OC)c3)sc2c1. The smallest absolute Gasteiger partial charge is 0.301 e. The molecule has 230 valence electrons. The maximum Gasteiger partial charge on any atom is 0.301 e. The zero-order valence-electron chi connectivity index (χ0n) is 25.1. The first kappa shape index (κ1) is 29.1. The first-order valence-corrected chi connectivity index (χ1v) is 15.2. The molecule has 3 aromatic heterocycles. The van der Waals surface area contributed by atoms with E-state index in [-0.39, 0.29) is 11.3 Å². The van der Waals surface area contributed by atoms with Gasteiger partial charge in [-0.3, -0.25) is 18.9 Å². The van der Waals surface area contributed by atoms with Gasteiger partial charge in [-0.05, 0) is 60.5 Å². The van der Waals surface area contributed by atoms with E-state index in [1.165, 1.54) is 23.3 Å². The van der Waals surface area contributed by atoms with Crippen LogP contribution in [0.1, 0.15) is 28.6 Å². The van der Waals surface area contributed by atoms with Crippen LogP contribution in [-0.4, -0.2) is 45.4 Å².